The molecule has 332 valence electrons. The molecular formula is C63H39N7S. The van der Waals surface area contributed by atoms with Crippen LogP contribution in [0.25, 0.3) is 132 Å². The Morgan fingerprint density at radius 3 is 1.30 bits per heavy atom. The highest BCUT2D eigenvalue weighted by Gasteiger charge is 2.24. The van der Waals surface area contributed by atoms with Crippen molar-refractivity contribution in [3.8, 4) is 78.6 Å². The smallest absolute Gasteiger partial charge is 0.235 e. The van der Waals surface area contributed by atoms with Crippen LogP contribution in [0.4, 0.5) is 0 Å². The van der Waals surface area contributed by atoms with Crippen LogP contribution in [0.3, 0.4) is 0 Å². The number of benzene rings is 9. The van der Waals surface area contributed by atoms with Crippen LogP contribution < -0.4 is 0 Å². The van der Waals surface area contributed by atoms with Gasteiger partial charge in [0.25, 0.3) is 0 Å². The highest BCUT2D eigenvalue weighted by Crippen LogP contribution is 2.44. The summed E-state index contributed by atoms with van der Waals surface area (Å²) in [7, 11) is 0. The average Bonchev–Trinajstić information content (AvgIpc) is 4.15. The molecule has 0 aliphatic carbocycles. The lowest BCUT2D eigenvalue weighted by molar-refractivity contribution is 0.995. The van der Waals surface area contributed by atoms with Crippen molar-refractivity contribution in [1.82, 2.24) is 34.1 Å². The Kier molecular flexibility index (Phi) is 9.57. The molecule has 9 aromatic carbocycles. The summed E-state index contributed by atoms with van der Waals surface area (Å²) in [6, 6.07) is 82.5. The first-order chi connectivity index (χ1) is 35.2. The molecule has 71 heavy (non-hydrogen) atoms. The molecule has 0 spiro atoms. The van der Waals surface area contributed by atoms with E-state index in [0.717, 1.165) is 121 Å². The largest absolute Gasteiger partial charge is 0.277 e. The van der Waals surface area contributed by atoms with Crippen LogP contribution in [0, 0.1) is 0 Å². The minimum atomic E-state index is 0.590. The first-order valence-electron chi connectivity index (χ1n) is 23.7. The Balaban J connectivity index is 1.04. The van der Waals surface area contributed by atoms with E-state index >= 15 is 0 Å². The normalized spacial score (nSPS) is 11.7. The number of hydrogen-bond acceptors (Lipinski definition) is 6. The molecule has 0 fully saturated rings. The second-order valence-corrected chi connectivity index (χ2v) is 18.7. The number of hydrogen-bond donors (Lipinski definition) is 0. The molecular weight excluding hydrogens is 887 g/mol. The van der Waals surface area contributed by atoms with E-state index in [2.05, 4.69) is 215 Å². The average molecular weight is 926 g/mol. The van der Waals surface area contributed by atoms with Gasteiger partial charge in [0.05, 0.1) is 55.1 Å². The van der Waals surface area contributed by atoms with Crippen LogP contribution in [0.1, 0.15) is 0 Å². The van der Waals surface area contributed by atoms with Crippen LogP contribution in [0.5, 0.6) is 0 Å². The molecule has 5 heterocycles. The van der Waals surface area contributed by atoms with Crippen molar-refractivity contribution in [2.24, 2.45) is 0 Å². The van der Waals surface area contributed by atoms with E-state index in [1.807, 2.05) is 30.3 Å². The van der Waals surface area contributed by atoms with Gasteiger partial charge in [0, 0.05) is 54.9 Å². The van der Waals surface area contributed by atoms with Gasteiger partial charge in [-0.25, -0.2) is 24.9 Å². The second kappa shape index (κ2) is 16.7. The summed E-state index contributed by atoms with van der Waals surface area (Å²) in [4.78, 5) is 26.8. The number of fused-ring (bicyclic) bond motifs is 8. The number of nitrogens with zero attached hydrogens (tertiary/aromatic N) is 7. The Bertz CT molecular complexity index is 4200. The van der Waals surface area contributed by atoms with E-state index in [9.17, 15) is 0 Å². The zero-order chi connectivity index (χ0) is 46.8. The molecule has 0 amide bonds. The third-order valence-corrected chi connectivity index (χ3v) is 14.5. The van der Waals surface area contributed by atoms with Gasteiger partial charge in [-0.15, -0.1) is 11.3 Å². The maximum absolute atomic E-state index is 5.41. The van der Waals surface area contributed by atoms with Crippen molar-refractivity contribution in [3.05, 3.63) is 237 Å². The van der Waals surface area contributed by atoms with Gasteiger partial charge in [-0.05, 0) is 48.0 Å². The van der Waals surface area contributed by atoms with Crippen LogP contribution in [0.15, 0.2) is 237 Å². The quantitative estimate of drug-likeness (QED) is 0.152. The van der Waals surface area contributed by atoms with Gasteiger partial charge >= 0.3 is 0 Å². The number of thiazole rings is 1. The standard InChI is InChI=1S/C63H39N7S/c1-6-19-40(20-7-1)52-38-53(41-21-8-2-9-22-41)66-62(65-52)69-56-32-17-16-29-47(56)48-31-18-30-46(58(48)69)45-33-36-57-50(37-45)49-34-35-51-60(71-61(64-51)44-27-14-5-15-28-44)59(49)70(57)63-67-54(42-23-10-3-11-24-42)39-55(68-63)43-25-12-4-13-26-43/h1-39H. The summed E-state index contributed by atoms with van der Waals surface area (Å²) in [6.45, 7) is 0. The topological polar surface area (TPSA) is 74.3 Å². The van der Waals surface area contributed by atoms with Crippen molar-refractivity contribution in [2.75, 3.05) is 0 Å². The van der Waals surface area contributed by atoms with Crippen molar-refractivity contribution in [3.63, 3.8) is 0 Å². The molecule has 0 aliphatic heterocycles. The first kappa shape index (κ1) is 40.7. The highest BCUT2D eigenvalue weighted by atomic mass is 32.1. The minimum Gasteiger partial charge on any atom is -0.277 e. The van der Waals surface area contributed by atoms with Crippen LogP contribution in [0.2, 0.25) is 0 Å². The summed E-state index contributed by atoms with van der Waals surface area (Å²) in [6.07, 6.45) is 0. The Morgan fingerprint density at radius 1 is 0.296 bits per heavy atom. The molecule has 8 heteroatoms. The molecule has 5 aromatic heterocycles. The van der Waals surface area contributed by atoms with E-state index in [0.29, 0.717) is 11.9 Å². The van der Waals surface area contributed by atoms with E-state index in [-0.39, 0.29) is 0 Å². The van der Waals surface area contributed by atoms with E-state index in [4.69, 9.17) is 24.9 Å². The molecule has 0 bridgehead atoms. The molecule has 0 N–H and O–H groups in total. The number of para-hydroxylation sites is 2. The predicted molar refractivity (Wildman–Crippen MR) is 292 cm³/mol. The molecule has 0 atom stereocenters. The maximum Gasteiger partial charge on any atom is 0.235 e. The van der Waals surface area contributed by atoms with E-state index < -0.39 is 0 Å². The van der Waals surface area contributed by atoms with Gasteiger partial charge in [-0.3, -0.25) is 9.13 Å². The SMILES string of the molecule is c1ccc(-c2cc(-c3ccccc3)nc(-n3c4ccccc4c4cccc(-c5ccc6c(c5)c5ccc7nc(-c8ccccc8)sc7c5n6-c5nc(-c6ccccc6)cc(-c6ccccc6)n5)c43)n2)cc1. The van der Waals surface area contributed by atoms with Crippen molar-refractivity contribution in [2.45, 2.75) is 0 Å². The lowest BCUT2D eigenvalue weighted by Crippen LogP contribution is -2.05. The van der Waals surface area contributed by atoms with E-state index in [1.165, 1.54) is 0 Å². The molecule has 7 nitrogen and oxygen atoms in total. The van der Waals surface area contributed by atoms with Crippen molar-refractivity contribution >= 4 is 65.2 Å². The molecule has 14 rings (SSSR count). The Hall–Kier alpha value is -9.37. The zero-order valence-corrected chi connectivity index (χ0v) is 38.9. The monoisotopic (exact) mass is 925 g/mol. The molecule has 0 radical (unpaired) electrons. The number of rotatable bonds is 8. The predicted octanol–water partition coefficient (Wildman–Crippen LogP) is 16.1. The Morgan fingerprint density at radius 2 is 0.746 bits per heavy atom. The zero-order valence-electron chi connectivity index (χ0n) is 38.1. The summed E-state index contributed by atoms with van der Waals surface area (Å²) in [5.41, 5.74) is 15.7. The Labute approximate surface area is 412 Å². The fourth-order valence-electron chi connectivity index (χ4n) is 10.1. The van der Waals surface area contributed by atoms with E-state index in [1.54, 1.807) is 11.3 Å². The van der Waals surface area contributed by atoms with Crippen LogP contribution in [-0.2, 0) is 0 Å². The van der Waals surface area contributed by atoms with Gasteiger partial charge in [0.2, 0.25) is 11.9 Å². The van der Waals surface area contributed by atoms with Gasteiger partial charge < -0.3 is 0 Å². The highest BCUT2D eigenvalue weighted by molar-refractivity contribution is 7.22. The molecule has 0 saturated carbocycles. The third-order valence-electron chi connectivity index (χ3n) is 13.4. The molecule has 14 aromatic rings. The van der Waals surface area contributed by atoms with Gasteiger partial charge in [-0.1, -0.05) is 194 Å². The fraction of sp³-hybridized carbons (Fsp3) is 0. The molecule has 0 saturated heterocycles. The molecule has 0 aliphatic rings. The van der Waals surface area contributed by atoms with Crippen LogP contribution >= 0.6 is 11.3 Å². The van der Waals surface area contributed by atoms with Crippen LogP contribution in [-0.4, -0.2) is 34.1 Å². The summed E-state index contributed by atoms with van der Waals surface area (Å²) in [5.74, 6) is 1.19. The summed E-state index contributed by atoms with van der Waals surface area (Å²) in [5, 5.41) is 5.38. The lowest BCUT2D eigenvalue weighted by Gasteiger charge is -2.14. The fourth-order valence-corrected chi connectivity index (χ4v) is 11.2. The summed E-state index contributed by atoms with van der Waals surface area (Å²) < 4.78 is 5.58. The van der Waals surface area contributed by atoms with Gasteiger partial charge in [0.15, 0.2) is 0 Å². The van der Waals surface area contributed by atoms with Crippen molar-refractivity contribution < 1.29 is 0 Å². The second-order valence-electron chi connectivity index (χ2n) is 17.7. The summed E-state index contributed by atoms with van der Waals surface area (Å²) >= 11 is 1.70. The third kappa shape index (κ3) is 6.91. The minimum absolute atomic E-state index is 0.590. The van der Waals surface area contributed by atoms with Crippen molar-refractivity contribution in [1.29, 1.82) is 0 Å². The van der Waals surface area contributed by atoms with Gasteiger partial charge in [-0.2, -0.15) is 0 Å². The maximum atomic E-state index is 5.41. The number of aromatic nitrogens is 7. The lowest BCUT2D eigenvalue weighted by atomic mass is 10.00. The first-order valence-corrected chi connectivity index (χ1v) is 24.5. The van der Waals surface area contributed by atoms with Gasteiger partial charge in [0.1, 0.15) is 5.01 Å². The molecule has 0 unspecified atom stereocenters.